The van der Waals surface area contributed by atoms with E-state index in [1.807, 2.05) is 0 Å². The van der Waals surface area contributed by atoms with Gasteiger partial charge in [-0.05, 0) is 28.8 Å². The fourth-order valence-electron chi connectivity index (χ4n) is 3.20. The molecule has 0 bridgehead atoms. The Labute approximate surface area is 127 Å². The van der Waals surface area contributed by atoms with Crippen molar-refractivity contribution in [1.82, 2.24) is 0 Å². The standard InChI is InChI=1S/C15H21BrFNO2/c1-19-11-8-10(17)13(16)12(14(11)20-2)15(9-18)6-4-3-5-7-15/h8H,3-7,9,18H2,1-2H3. The van der Waals surface area contributed by atoms with Crippen LogP contribution in [-0.2, 0) is 5.41 Å². The lowest BCUT2D eigenvalue weighted by Gasteiger charge is -2.38. The number of benzene rings is 1. The van der Waals surface area contributed by atoms with Gasteiger partial charge in [-0.2, -0.15) is 0 Å². The quantitative estimate of drug-likeness (QED) is 0.903. The molecule has 1 saturated carbocycles. The highest BCUT2D eigenvalue weighted by molar-refractivity contribution is 9.10. The van der Waals surface area contributed by atoms with Gasteiger partial charge in [0.15, 0.2) is 11.5 Å². The van der Waals surface area contributed by atoms with Crippen molar-refractivity contribution < 1.29 is 13.9 Å². The molecule has 0 spiro atoms. The van der Waals surface area contributed by atoms with Crippen LogP contribution in [0.15, 0.2) is 10.5 Å². The molecule has 112 valence electrons. The third-order valence-electron chi connectivity index (χ3n) is 4.29. The van der Waals surface area contributed by atoms with Crippen LogP contribution in [0.1, 0.15) is 37.7 Å². The van der Waals surface area contributed by atoms with Gasteiger partial charge in [-0.1, -0.05) is 19.3 Å². The van der Waals surface area contributed by atoms with Crippen molar-refractivity contribution >= 4 is 15.9 Å². The number of nitrogens with two attached hydrogens (primary N) is 1. The molecule has 5 heteroatoms. The number of rotatable bonds is 4. The summed E-state index contributed by atoms with van der Waals surface area (Å²) in [5, 5.41) is 0. The van der Waals surface area contributed by atoms with Crippen LogP contribution in [-0.4, -0.2) is 20.8 Å². The van der Waals surface area contributed by atoms with Gasteiger partial charge in [0, 0.05) is 23.6 Å². The number of halogens is 2. The molecule has 1 aliphatic carbocycles. The van der Waals surface area contributed by atoms with Crippen LogP contribution in [0.5, 0.6) is 11.5 Å². The molecule has 0 amide bonds. The minimum atomic E-state index is -0.337. The van der Waals surface area contributed by atoms with Gasteiger partial charge in [0.25, 0.3) is 0 Å². The third kappa shape index (κ3) is 2.53. The van der Waals surface area contributed by atoms with Gasteiger partial charge < -0.3 is 15.2 Å². The van der Waals surface area contributed by atoms with Gasteiger partial charge in [-0.15, -0.1) is 0 Å². The molecule has 0 heterocycles. The Bertz CT molecular complexity index is 487. The maximum atomic E-state index is 14.2. The molecule has 0 radical (unpaired) electrons. The van der Waals surface area contributed by atoms with Gasteiger partial charge in [0.2, 0.25) is 0 Å². The van der Waals surface area contributed by atoms with Gasteiger partial charge in [-0.25, -0.2) is 4.39 Å². The Balaban J connectivity index is 2.66. The third-order valence-corrected chi connectivity index (χ3v) is 5.07. The van der Waals surface area contributed by atoms with Gasteiger partial charge >= 0.3 is 0 Å². The summed E-state index contributed by atoms with van der Waals surface area (Å²) < 4.78 is 25.4. The van der Waals surface area contributed by atoms with Crippen molar-refractivity contribution in [2.45, 2.75) is 37.5 Å². The second-order valence-corrected chi connectivity index (χ2v) is 6.12. The first-order valence-corrected chi connectivity index (χ1v) is 7.69. The smallest absolute Gasteiger partial charge is 0.165 e. The number of hydrogen-bond acceptors (Lipinski definition) is 3. The van der Waals surface area contributed by atoms with Crippen LogP contribution >= 0.6 is 15.9 Å². The first kappa shape index (κ1) is 15.6. The Morgan fingerprint density at radius 1 is 1.25 bits per heavy atom. The van der Waals surface area contributed by atoms with E-state index in [0.717, 1.165) is 31.2 Å². The molecule has 0 saturated heterocycles. The van der Waals surface area contributed by atoms with Crippen molar-refractivity contribution in [3.8, 4) is 11.5 Å². The fourth-order valence-corrected chi connectivity index (χ4v) is 3.91. The monoisotopic (exact) mass is 345 g/mol. The highest BCUT2D eigenvalue weighted by Gasteiger charge is 2.38. The van der Waals surface area contributed by atoms with Crippen LogP contribution < -0.4 is 15.2 Å². The van der Waals surface area contributed by atoms with E-state index >= 15 is 0 Å². The summed E-state index contributed by atoms with van der Waals surface area (Å²) >= 11 is 3.38. The summed E-state index contributed by atoms with van der Waals surface area (Å²) in [4.78, 5) is 0. The Kier molecular flexibility index (Phi) is 4.91. The maximum absolute atomic E-state index is 14.2. The highest BCUT2D eigenvalue weighted by Crippen LogP contribution is 2.49. The van der Waals surface area contributed by atoms with Crippen molar-refractivity contribution in [1.29, 1.82) is 0 Å². The lowest BCUT2D eigenvalue weighted by Crippen LogP contribution is -2.38. The number of methoxy groups -OCH3 is 2. The van der Waals surface area contributed by atoms with E-state index in [2.05, 4.69) is 15.9 Å². The van der Waals surface area contributed by atoms with Crippen molar-refractivity contribution in [2.24, 2.45) is 5.73 Å². The SMILES string of the molecule is COc1cc(F)c(Br)c(C2(CN)CCCCC2)c1OC. The van der Waals surface area contributed by atoms with E-state index in [9.17, 15) is 4.39 Å². The maximum Gasteiger partial charge on any atom is 0.165 e. The fraction of sp³-hybridized carbons (Fsp3) is 0.600. The molecule has 3 nitrogen and oxygen atoms in total. The summed E-state index contributed by atoms with van der Waals surface area (Å²) in [6.45, 7) is 0.481. The van der Waals surface area contributed by atoms with Crippen LogP contribution in [0, 0.1) is 5.82 Å². The topological polar surface area (TPSA) is 44.5 Å². The van der Waals surface area contributed by atoms with Crippen LogP contribution in [0.25, 0.3) is 0 Å². The molecule has 0 aliphatic heterocycles. The minimum Gasteiger partial charge on any atom is -0.493 e. The van der Waals surface area contributed by atoms with Crippen molar-refractivity contribution in [3.63, 3.8) is 0 Å². The zero-order chi connectivity index (χ0) is 14.8. The Morgan fingerprint density at radius 2 is 1.90 bits per heavy atom. The molecule has 2 N–H and O–H groups in total. The normalized spacial score (nSPS) is 17.9. The minimum absolute atomic E-state index is 0.238. The Morgan fingerprint density at radius 3 is 2.40 bits per heavy atom. The summed E-state index contributed by atoms with van der Waals surface area (Å²) in [6.07, 6.45) is 5.31. The molecule has 0 unspecified atom stereocenters. The molecule has 0 aromatic heterocycles. The zero-order valence-corrected chi connectivity index (χ0v) is 13.6. The van der Waals surface area contributed by atoms with Crippen LogP contribution in [0.3, 0.4) is 0 Å². The molecule has 2 rings (SSSR count). The average Bonchev–Trinajstić information content (AvgIpc) is 2.49. The molecule has 1 fully saturated rings. The first-order valence-electron chi connectivity index (χ1n) is 6.90. The zero-order valence-electron chi connectivity index (χ0n) is 12.0. The first-order chi connectivity index (χ1) is 9.59. The highest BCUT2D eigenvalue weighted by atomic mass is 79.9. The number of ether oxygens (including phenoxy) is 2. The van der Waals surface area contributed by atoms with Crippen molar-refractivity contribution in [2.75, 3.05) is 20.8 Å². The van der Waals surface area contributed by atoms with E-state index in [-0.39, 0.29) is 11.2 Å². The molecule has 1 aliphatic rings. The van der Waals surface area contributed by atoms with Crippen molar-refractivity contribution in [3.05, 3.63) is 21.9 Å². The largest absolute Gasteiger partial charge is 0.493 e. The summed E-state index contributed by atoms with van der Waals surface area (Å²) in [6, 6.07) is 1.35. The average molecular weight is 346 g/mol. The summed E-state index contributed by atoms with van der Waals surface area (Å²) in [7, 11) is 3.10. The van der Waals surface area contributed by atoms with E-state index in [1.165, 1.54) is 19.6 Å². The van der Waals surface area contributed by atoms with E-state index in [0.29, 0.717) is 22.5 Å². The van der Waals surface area contributed by atoms with Gasteiger partial charge in [0.05, 0.1) is 18.7 Å². The predicted molar refractivity (Wildman–Crippen MR) is 81.0 cm³/mol. The van der Waals surface area contributed by atoms with E-state index in [1.54, 1.807) is 7.11 Å². The van der Waals surface area contributed by atoms with Gasteiger partial charge in [0.1, 0.15) is 5.82 Å². The molecular weight excluding hydrogens is 325 g/mol. The van der Waals surface area contributed by atoms with E-state index in [4.69, 9.17) is 15.2 Å². The lowest BCUT2D eigenvalue weighted by molar-refractivity contribution is 0.278. The predicted octanol–water partition coefficient (Wildman–Crippen LogP) is 3.77. The molecular formula is C15H21BrFNO2. The van der Waals surface area contributed by atoms with Crippen LogP contribution in [0.4, 0.5) is 4.39 Å². The molecule has 1 aromatic rings. The molecule has 0 atom stereocenters. The van der Waals surface area contributed by atoms with E-state index < -0.39 is 0 Å². The second-order valence-electron chi connectivity index (χ2n) is 5.33. The van der Waals surface area contributed by atoms with Gasteiger partial charge in [-0.3, -0.25) is 0 Å². The number of hydrogen-bond donors (Lipinski definition) is 1. The summed E-state index contributed by atoms with van der Waals surface area (Å²) in [5.74, 6) is 0.672. The summed E-state index contributed by atoms with van der Waals surface area (Å²) in [5.41, 5.74) is 6.64. The molecule has 1 aromatic carbocycles. The lowest BCUT2D eigenvalue weighted by atomic mass is 9.69. The molecule has 20 heavy (non-hydrogen) atoms. The second kappa shape index (κ2) is 6.31. The van der Waals surface area contributed by atoms with Crippen LogP contribution in [0.2, 0.25) is 0 Å². The Hall–Kier alpha value is -0.810.